The second kappa shape index (κ2) is 13.7. The molecule has 0 bridgehead atoms. The van der Waals surface area contributed by atoms with E-state index in [1.165, 1.54) is 0 Å². The number of benzene rings is 2. The highest BCUT2D eigenvalue weighted by molar-refractivity contribution is 5.64. The van der Waals surface area contributed by atoms with E-state index in [0.717, 1.165) is 36.3 Å². The van der Waals surface area contributed by atoms with Gasteiger partial charge in [0.2, 0.25) is 0 Å². The predicted molar refractivity (Wildman–Crippen MR) is 145 cm³/mol. The Morgan fingerprint density at radius 1 is 0.814 bits per heavy atom. The lowest BCUT2D eigenvalue weighted by Gasteiger charge is -2.42. The number of ether oxygens (including phenoxy) is 1. The zero-order valence-electron chi connectivity index (χ0n) is 23.1. The minimum atomic E-state index is -5.94. The van der Waals surface area contributed by atoms with E-state index in [4.69, 9.17) is 9.84 Å². The van der Waals surface area contributed by atoms with Gasteiger partial charge in [0, 0.05) is 63.1 Å². The topological polar surface area (TPSA) is 89.3 Å². The molecule has 3 aromatic rings. The Balaban J connectivity index is 1.43. The first kappa shape index (κ1) is 32.8. The molecular formula is C30H33F6N3O4. The molecule has 13 heteroatoms. The van der Waals surface area contributed by atoms with E-state index in [9.17, 15) is 36.6 Å². The highest BCUT2D eigenvalue weighted by Gasteiger charge is 2.71. The van der Waals surface area contributed by atoms with Crippen molar-refractivity contribution in [2.45, 2.75) is 49.8 Å². The van der Waals surface area contributed by atoms with Crippen molar-refractivity contribution in [3.8, 4) is 11.1 Å². The van der Waals surface area contributed by atoms with Crippen LogP contribution in [-0.2, 0) is 23.4 Å². The minimum absolute atomic E-state index is 0.0303. The highest BCUT2D eigenvalue weighted by atomic mass is 19.4. The summed E-state index contributed by atoms with van der Waals surface area (Å²) in [7, 11) is 0. The van der Waals surface area contributed by atoms with E-state index in [1.807, 2.05) is 24.3 Å². The van der Waals surface area contributed by atoms with Crippen LogP contribution in [0.3, 0.4) is 0 Å². The largest absolute Gasteiger partial charge is 0.430 e. The second-order valence-electron chi connectivity index (χ2n) is 10.5. The van der Waals surface area contributed by atoms with Crippen LogP contribution in [0.1, 0.15) is 23.1 Å². The van der Waals surface area contributed by atoms with Crippen molar-refractivity contribution in [3.05, 3.63) is 89.7 Å². The summed E-state index contributed by atoms with van der Waals surface area (Å²) in [5, 5.41) is 29.0. The van der Waals surface area contributed by atoms with E-state index in [1.54, 1.807) is 24.5 Å². The molecule has 1 fully saturated rings. The van der Waals surface area contributed by atoms with Gasteiger partial charge < -0.3 is 20.1 Å². The van der Waals surface area contributed by atoms with Gasteiger partial charge in [0.05, 0.1) is 13.2 Å². The van der Waals surface area contributed by atoms with E-state index in [0.29, 0.717) is 49.3 Å². The second-order valence-corrected chi connectivity index (χ2v) is 10.5. The lowest BCUT2D eigenvalue weighted by atomic mass is 9.90. The Labute approximate surface area is 245 Å². The molecule has 0 spiro atoms. The molecule has 2 unspecified atom stereocenters. The maximum absolute atomic E-state index is 13.2. The first-order valence-corrected chi connectivity index (χ1v) is 13.6. The van der Waals surface area contributed by atoms with Crippen LogP contribution in [0, 0.1) is 0 Å². The number of nitrogens with zero attached hydrogens (tertiary/aromatic N) is 3. The Kier molecular flexibility index (Phi) is 10.5. The van der Waals surface area contributed by atoms with Crippen LogP contribution in [0.4, 0.5) is 26.3 Å². The number of hydrogen-bond acceptors (Lipinski definition) is 7. The third kappa shape index (κ3) is 7.91. The summed E-state index contributed by atoms with van der Waals surface area (Å²) in [4.78, 5) is 8.55. The zero-order chi connectivity index (χ0) is 31.3. The number of aliphatic hydroxyl groups is 3. The highest BCUT2D eigenvalue weighted by Crippen LogP contribution is 2.50. The van der Waals surface area contributed by atoms with Gasteiger partial charge in [0.1, 0.15) is 0 Å². The van der Waals surface area contributed by atoms with E-state index in [-0.39, 0.29) is 19.3 Å². The molecule has 1 aliphatic rings. The summed E-state index contributed by atoms with van der Waals surface area (Å²) in [6.07, 6.45) is -9.13. The first-order chi connectivity index (χ1) is 20.3. The van der Waals surface area contributed by atoms with Gasteiger partial charge in [0.25, 0.3) is 5.60 Å². The standard InChI is InChI=1S/C30H33F6N3O4/c31-29(32,33)28(42,30(34,35)36)25-7-5-24(6-8-25)23-3-1-21(2-4-23)18-38-13-14-39(19-22-9-11-37-12-10-22)26(20-38)17-27(41)43-16-15-40/h1-12,26-27,40-42H,13-20H2. The molecule has 1 aliphatic heterocycles. The number of hydrogen-bond donors (Lipinski definition) is 3. The molecule has 2 heterocycles. The van der Waals surface area contributed by atoms with E-state index < -0.39 is 29.8 Å². The Morgan fingerprint density at radius 3 is 1.93 bits per heavy atom. The van der Waals surface area contributed by atoms with Crippen LogP contribution in [0.5, 0.6) is 0 Å². The monoisotopic (exact) mass is 613 g/mol. The van der Waals surface area contributed by atoms with Crippen LogP contribution in [0.2, 0.25) is 0 Å². The third-order valence-corrected chi connectivity index (χ3v) is 7.52. The average Bonchev–Trinajstić information content (AvgIpc) is 2.97. The van der Waals surface area contributed by atoms with Crippen molar-refractivity contribution >= 4 is 0 Å². The molecule has 0 saturated carbocycles. The molecule has 7 nitrogen and oxygen atoms in total. The number of rotatable bonds is 11. The molecule has 2 atom stereocenters. The van der Waals surface area contributed by atoms with Gasteiger partial charge in [-0.15, -0.1) is 0 Å². The summed E-state index contributed by atoms with van der Waals surface area (Å²) in [6.45, 7) is 3.20. The molecule has 0 radical (unpaired) electrons. The summed E-state index contributed by atoms with van der Waals surface area (Å²) in [5.74, 6) is 0. The normalized spacial score (nSPS) is 18.1. The van der Waals surface area contributed by atoms with Gasteiger partial charge in [-0.05, 0) is 34.4 Å². The molecule has 2 aromatic carbocycles. The van der Waals surface area contributed by atoms with Gasteiger partial charge in [-0.3, -0.25) is 14.8 Å². The molecule has 234 valence electrons. The molecular weight excluding hydrogens is 580 g/mol. The lowest BCUT2D eigenvalue weighted by molar-refractivity contribution is -0.376. The Hall–Kier alpha value is -3.07. The summed E-state index contributed by atoms with van der Waals surface area (Å²) in [6, 6.07) is 14.5. The number of alkyl halides is 6. The van der Waals surface area contributed by atoms with Crippen LogP contribution in [0.15, 0.2) is 73.1 Å². The van der Waals surface area contributed by atoms with Crippen molar-refractivity contribution < 1.29 is 46.4 Å². The van der Waals surface area contributed by atoms with Crippen LogP contribution >= 0.6 is 0 Å². The number of piperazine rings is 1. The van der Waals surface area contributed by atoms with Gasteiger partial charge in [0.15, 0.2) is 6.29 Å². The fourth-order valence-corrected chi connectivity index (χ4v) is 5.20. The minimum Gasteiger partial charge on any atom is -0.394 e. The molecule has 0 aliphatic carbocycles. The van der Waals surface area contributed by atoms with Gasteiger partial charge in [-0.25, -0.2) is 0 Å². The maximum atomic E-state index is 13.2. The quantitative estimate of drug-likeness (QED) is 0.217. The Morgan fingerprint density at radius 2 is 1.37 bits per heavy atom. The Bertz CT molecular complexity index is 1280. The predicted octanol–water partition coefficient (Wildman–Crippen LogP) is 4.46. The van der Waals surface area contributed by atoms with Crippen molar-refractivity contribution in [2.75, 3.05) is 32.8 Å². The van der Waals surface area contributed by atoms with Gasteiger partial charge in [-0.2, -0.15) is 26.3 Å². The van der Waals surface area contributed by atoms with Crippen LogP contribution in [0.25, 0.3) is 11.1 Å². The molecule has 1 saturated heterocycles. The third-order valence-electron chi connectivity index (χ3n) is 7.52. The van der Waals surface area contributed by atoms with Crippen LogP contribution < -0.4 is 0 Å². The van der Waals surface area contributed by atoms with Crippen molar-refractivity contribution in [3.63, 3.8) is 0 Å². The van der Waals surface area contributed by atoms with Crippen molar-refractivity contribution in [1.29, 1.82) is 0 Å². The van der Waals surface area contributed by atoms with Gasteiger partial charge in [-0.1, -0.05) is 48.5 Å². The van der Waals surface area contributed by atoms with E-state index in [2.05, 4.69) is 14.8 Å². The summed E-state index contributed by atoms with van der Waals surface area (Å²) >= 11 is 0. The molecule has 43 heavy (non-hydrogen) atoms. The SMILES string of the molecule is OCCOC(O)CC1CN(Cc2ccc(-c3ccc(C(O)(C(F)(F)F)C(F)(F)F)cc3)cc2)CCN1Cc1ccncc1. The fraction of sp³-hybridized carbons (Fsp3) is 0.433. The lowest BCUT2D eigenvalue weighted by Crippen LogP contribution is -2.53. The fourth-order valence-electron chi connectivity index (χ4n) is 5.20. The summed E-state index contributed by atoms with van der Waals surface area (Å²) in [5.41, 5.74) is -3.27. The van der Waals surface area contributed by atoms with Crippen LogP contribution in [-0.4, -0.2) is 87.6 Å². The number of aromatic nitrogens is 1. The molecule has 3 N–H and O–H groups in total. The molecule has 4 rings (SSSR count). The average molecular weight is 614 g/mol. The first-order valence-electron chi connectivity index (χ1n) is 13.6. The molecule has 0 amide bonds. The van der Waals surface area contributed by atoms with E-state index >= 15 is 0 Å². The van der Waals surface area contributed by atoms with Gasteiger partial charge >= 0.3 is 12.4 Å². The zero-order valence-corrected chi connectivity index (χ0v) is 23.1. The summed E-state index contributed by atoms with van der Waals surface area (Å²) < 4.78 is 84.5. The number of halogens is 6. The number of pyridine rings is 1. The number of aliphatic hydroxyl groups excluding tert-OH is 2. The van der Waals surface area contributed by atoms with Crippen molar-refractivity contribution in [2.24, 2.45) is 0 Å². The maximum Gasteiger partial charge on any atom is 0.430 e. The molecule has 1 aromatic heterocycles. The van der Waals surface area contributed by atoms with Crippen molar-refractivity contribution in [1.82, 2.24) is 14.8 Å². The smallest absolute Gasteiger partial charge is 0.394 e.